The molecule has 10 nitrogen and oxygen atoms in total. The van der Waals surface area contributed by atoms with Crippen LogP contribution in [0.25, 0.3) is 28.1 Å². The van der Waals surface area contributed by atoms with Gasteiger partial charge >= 0.3 is 5.97 Å². The number of hydrogen-bond donors (Lipinski definition) is 2. The monoisotopic (exact) mass is 673 g/mol. The van der Waals surface area contributed by atoms with E-state index in [0.717, 1.165) is 60.4 Å². The molecule has 3 heterocycles. The molecule has 2 aliphatic rings. The fourth-order valence-electron chi connectivity index (χ4n) is 5.49. The number of benzene rings is 3. The van der Waals surface area contributed by atoms with Crippen LogP contribution in [0.5, 0.6) is 17.2 Å². The van der Waals surface area contributed by atoms with Crippen molar-refractivity contribution in [2.75, 3.05) is 59.7 Å². The first-order chi connectivity index (χ1) is 22.9. The molecule has 2 N–H and O–H groups in total. The van der Waals surface area contributed by atoms with Crippen LogP contribution in [0.15, 0.2) is 71.8 Å². The largest absolute Gasteiger partial charge is 0.494 e. The molecule has 12 heteroatoms. The third-order valence-electron chi connectivity index (χ3n) is 7.99. The number of carboxylic acids is 1. The normalized spacial score (nSPS) is 16.3. The number of nitrogens with zero attached hydrogens (tertiary/aromatic N) is 2. The molecule has 3 aromatic carbocycles. The Kier molecular flexibility index (Phi) is 10.4. The van der Waals surface area contributed by atoms with Crippen molar-refractivity contribution < 1.29 is 33.6 Å². The highest BCUT2D eigenvalue weighted by molar-refractivity contribution is 8.26. The van der Waals surface area contributed by atoms with Crippen molar-refractivity contribution in [3.05, 3.63) is 82.9 Å². The number of rotatable bonds is 13. The van der Waals surface area contributed by atoms with Crippen LogP contribution in [0.4, 0.5) is 0 Å². The van der Waals surface area contributed by atoms with E-state index in [1.807, 2.05) is 42.6 Å². The van der Waals surface area contributed by atoms with E-state index in [1.54, 1.807) is 24.1 Å². The fraction of sp³-hybridized carbons (Fsp3) is 0.286. The number of morpholine rings is 1. The minimum Gasteiger partial charge on any atom is -0.494 e. The molecule has 1 aromatic heterocycles. The van der Waals surface area contributed by atoms with Gasteiger partial charge in [-0.1, -0.05) is 30.0 Å². The number of nitrogens with one attached hydrogen (secondary N) is 1. The highest BCUT2D eigenvalue weighted by Crippen LogP contribution is 2.42. The smallest absolute Gasteiger partial charge is 0.335 e. The van der Waals surface area contributed by atoms with Crippen LogP contribution in [-0.2, 0) is 9.53 Å². The average Bonchev–Trinajstić information content (AvgIpc) is 3.66. The lowest BCUT2D eigenvalue weighted by atomic mass is 9.99. The lowest BCUT2D eigenvalue weighted by Crippen LogP contribution is -2.38. The second-order valence-electron chi connectivity index (χ2n) is 11.0. The van der Waals surface area contributed by atoms with Gasteiger partial charge in [-0.15, -0.1) is 0 Å². The summed E-state index contributed by atoms with van der Waals surface area (Å²) in [5.74, 6) is 0.641. The molecule has 0 unspecified atom stereocenters. The Morgan fingerprint density at radius 1 is 1.04 bits per heavy atom. The molecule has 47 heavy (non-hydrogen) atoms. The number of aromatic nitrogens is 1. The zero-order valence-corrected chi connectivity index (χ0v) is 27.5. The molecule has 0 aliphatic carbocycles. The van der Waals surface area contributed by atoms with Gasteiger partial charge in [0.2, 0.25) is 0 Å². The molecule has 2 fully saturated rings. The van der Waals surface area contributed by atoms with Crippen LogP contribution in [0.1, 0.15) is 22.3 Å². The quantitative estimate of drug-likeness (QED) is 0.101. The first-order valence-electron chi connectivity index (χ1n) is 15.3. The molecule has 0 bridgehead atoms. The van der Waals surface area contributed by atoms with Gasteiger partial charge in [0.1, 0.15) is 16.7 Å². The van der Waals surface area contributed by atoms with E-state index in [9.17, 15) is 9.59 Å². The number of aromatic carboxylic acids is 1. The predicted octanol–water partition coefficient (Wildman–Crippen LogP) is 5.92. The minimum absolute atomic E-state index is 0.161. The van der Waals surface area contributed by atoms with Crippen LogP contribution in [0, 0.1) is 0 Å². The van der Waals surface area contributed by atoms with Crippen molar-refractivity contribution in [3.63, 3.8) is 0 Å². The van der Waals surface area contributed by atoms with Crippen molar-refractivity contribution in [3.8, 4) is 28.4 Å². The molecule has 1 amide bonds. The number of thiocarbonyl (C=S) groups is 1. The topological polar surface area (TPSA) is 114 Å². The Morgan fingerprint density at radius 3 is 2.62 bits per heavy atom. The molecule has 0 atom stereocenters. The predicted molar refractivity (Wildman–Crippen MR) is 186 cm³/mol. The lowest BCUT2D eigenvalue weighted by molar-refractivity contribution is -0.122. The molecule has 0 saturated carbocycles. The zero-order chi connectivity index (χ0) is 32.8. The number of carboxylic acid groups (broad SMARTS) is 1. The number of carbonyl (C=O) groups excluding carboxylic acids is 1. The number of hydrogen-bond acceptors (Lipinski definition) is 9. The van der Waals surface area contributed by atoms with Gasteiger partial charge in [-0.05, 0) is 83.6 Å². The summed E-state index contributed by atoms with van der Waals surface area (Å²) >= 11 is 6.84. The number of fused-ring (bicyclic) bond motifs is 1. The van der Waals surface area contributed by atoms with Crippen molar-refractivity contribution in [2.45, 2.75) is 6.42 Å². The summed E-state index contributed by atoms with van der Waals surface area (Å²) in [7, 11) is 1.62. The van der Waals surface area contributed by atoms with Gasteiger partial charge in [0.25, 0.3) is 5.91 Å². The lowest BCUT2D eigenvalue weighted by Gasteiger charge is -2.26. The molecule has 0 spiro atoms. The maximum Gasteiger partial charge on any atom is 0.335 e. The van der Waals surface area contributed by atoms with Gasteiger partial charge in [0, 0.05) is 43.5 Å². The maximum absolute atomic E-state index is 13.5. The van der Waals surface area contributed by atoms with Crippen LogP contribution in [-0.4, -0.2) is 95.8 Å². The zero-order valence-electron chi connectivity index (χ0n) is 25.9. The molecule has 6 rings (SSSR count). The summed E-state index contributed by atoms with van der Waals surface area (Å²) in [5, 5.41) is 10.1. The van der Waals surface area contributed by atoms with Gasteiger partial charge in [0.15, 0.2) is 11.5 Å². The van der Waals surface area contributed by atoms with E-state index in [-0.39, 0.29) is 11.5 Å². The standard InChI is InChI=1S/C35H35N3O7S2/c1-42-30-20-23(21-31-33(39)38(35(46)47-31)11-2-15-44-27-6-3-24(4-7-27)34(40)41)19-28(25-5-8-29-26(22-25)9-10-36-29)32(30)45-18-14-37-12-16-43-17-13-37/h3-10,19-22,36H,2,11-18H2,1H3,(H,40,41). The number of thioether (sulfide) groups is 1. The third-order valence-corrected chi connectivity index (χ3v) is 9.36. The van der Waals surface area contributed by atoms with E-state index in [4.69, 9.17) is 36.3 Å². The maximum atomic E-state index is 13.5. The summed E-state index contributed by atoms with van der Waals surface area (Å²) in [6.45, 7) is 5.22. The SMILES string of the molecule is COc1cc(C=C2SC(=S)N(CCCOc3ccc(C(=O)O)cc3)C2=O)cc(-c2ccc3[nH]ccc3c2)c1OCCN1CCOCC1. The Balaban J connectivity index is 1.19. The van der Waals surface area contributed by atoms with Gasteiger partial charge in [-0.3, -0.25) is 14.6 Å². The van der Waals surface area contributed by atoms with E-state index in [2.05, 4.69) is 16.0 Å². The summed E-state index contributed by atoms with van der Waals surface area (Å²) in [6.07, 6.45) is 4.31. The molecule has 2 saturated heterocycles. The number of H-pyrrole nitrogens is 1. The minimum atomic E-state index is -0.990. The first kappa shape index (κ1) is 32.6. The highest BCUT2D eigenvalue weighted by atomic mass is 32.2. The number of aromatic amines is 1. The van der Waals surface area contributed by atoms with Gasteiger partial charge < -0.3 is 29.0 Å². The van der Waals surface area contributed by atoms with Crippen LogP contribution in [0.2, 0.25) is 0 Å². The Labute approximate surface area is 282 Å². The second-order valence-corrected chi connectivity index (χ2v) is 12.7. The molecular formula is C35H35N3O7S2. The molecule has 4 aromatic rings. The Bertz CT molecular complexity index is 1800. The van der Waals surface area contributed by atoms with E-state index in [1.165, 1.54) is 23.9 Å². The summed E-state index contributed by atoms with van der Waals surface area (Å²) in [4.78, 5) is 32.2. The second kappa shape index (κ2) is 15.0. The van der Waals surface area contributed by atoms with Gasteiger partial charge in [-0.2, -0.15) is 0 Å². The van der Waals surface area contributed by atoms with Crippen molar-refractivity contribution >= 4 is 57.2 Å². The van der Waals surface area contributed by atoms with E-state index < -0.39 is 5.97 Å². The van der Waals surface area contributed by atoms with Crippen molar-refractivity contribution in [2.24, 2.45) is 0 Å². The number of methoxy groups -OCH3 is 1. The van der Waals surface area contributed by atoms with E-state index in [0.29, 0.717) is 52.7 Å². The molecule has 0 radical (unpaired) electrons. The third kappa shape index (κ3) is 7.79. The van der Waals surface area contributed by atoms with Crippen LogP contribution in [0.3, 0.4) is 0 Å². The fourth-order valence-corrected chi connectivity index (χ4v) is 6.80. The first-order valence-corrected chi connectivity index (χ1v) is 16.6. The molecule has 2 aliphatic heterocycles. The van der Waals surface area contributed by atoms with Gasteiger partial charge in [0.05, 0.1) is 37.4 Å². The number of amides is 1. The molecule has 244 valence electrons. The Morgan fingerprint density at radius 2 is 1.85 bits per heavy atom. The average molecular weight is 674 g/mol. The van der Waals surface area contributed by atoms with E-state index >= 15 is 0 Å². The van der Waals surface area contributed by atoms with Crippen molar-refractivity contribution in [1.82, 2.24) is 14.8 Å². The summed E-state index contributed by atoms with van der Waals surface area (Å²) in [5.41, 5.74) is 3.86. The van der Waals surface area contributed by atoms with Gasteiger partial charge in [-0.25, -0.2) is 4.79 Å². The highest BCUT2D eigenvalue weighted by Gasteiger charge is 2.32. The summed E-state index contributed by atoms with van der Waals surface area (Å²) < 4.78 is 24.0. The van der Waals surface area contributed by atoms with Crippen LogP contribution < -0.4 is 14.2 Å². The van der Waals surface area contributed by atoms with Crippen molar-refractivity contribution in [1.29, 1.82) is 0 Å². The number of carbonyl (C=O) groups is 2. The number of ether oxygens (including phenoxy) is 4. The summed E-state index contributed by atoms with van der Waals surface area (Å²) in [6, 6.07) is 18.4. The van der Waals surface area contributed by atoms with Crippen LogP contribution >= 0.6 is 24.0 Å². The molecular weight excluding hydrogens is 639 g/mol. The Hall–Kier alpha value is -4.36.